The highest BCUT2D eigenvalue weighted by Crippen LogP contribution is 2.30. The summed E-state index contributed by atoms with van der Waals surface area (Å²) < 4.78 is 16.1. The number of benzene rings is 1. The minimum Gasteiger partial charge on any atom is -0.337 e. The van der Waals surface area contributed by atoms with Gasteiger partial charge in [-0.1, -0.05) is 6.07 Å². The Labute approximate surface area is 146 Å². The van der Waals surface area contributed by atoms with Gasteiger partial charge < -0.3 is 10.6 Å². The third-order valence-electron chi connectivity index (χ3n) is 5.37. The Morgan fingerprint density at radius 2 is 2.24 bits per heavy atom. The normalized spacial score (nSPS) is 19.5. The van der Waals surface area contributed by atoms with Crippen molar-refractivity contribution in [3.05, 3.63) is 46.5 Å². The number of hydrogen-bond donors (Lipinski definition) is 1. The van der Waals surface area contributed by atoms with E-state index in [0.717, 1.165) is 49.0 Å². The highest BCUT2D eigenvalue weighted by molar-refractivity contribution is 5.94. The van der Waals surface area contributed by atoms with Crippen molar-refractivity contribution in [1.29, 1.82) is 0 Å². The minimum absolute atomic E-state index is 0.0413. The molecule has 2 N–H and O–H groups in total. The Balaban J connectivity index is 1.72. The van der Waals surface area contributed by atoms with Crippen LogP contribution in [0.5, 0.6) is 0 Å². The molecule has 1 unspecified atom stereocenters. The molecule has 1 aromatic heterocycles. The van der Waals surface area contributed by atoms with Crippen molar-refractivity contribution in [3.63, 3.8) is 0 Å². The molecule has 1 saturated heterocycles. The van der Waals surface area contributed by atoms with E-state index in [9.17, 15) is 9.18 Å². The van der Waals surface area contributed by atoms with E-state index in [-0.39, 0.29) is 11.7 Å². The van der Waals surface area contributed by atoms with Gasteiger partial charge in [0.05, 0.1) is 0 Å². The van der Waals surface area contributed by atoms with Gasteiger partial charge in [-0.15, -0.1) is 0 Å². The Kier molecular flexibility index (Phi) is 4.07. The van der Waals surface area contributed by atoms with Crippen molar-refractivity contribution in [2.45, 2.75) is 32.6 Å². The largest absolute Gasteiger partial charge is 0.337 e. The van der Waals surface area contributed by atoms with Crippen molar-refractivity contribution in [3.8, 4) is 5.69 Å². The zero-order chi connectivity index (χ0) is 17.6. The highest BCUT2D eigenvalue weighted by atomic mass is 19.1. The number of hydrogen-bond acceptors (Lipinski definition) is 3. The summed E-state index contributed by atoms with van der Waals surface area (Å²) in [5.41, 5.74) is 9.47. The molecule has 1 aliphatic heterocycles. The number of carbonyl (C=O) groups excluding carboxylic acids is 1. The highest BCUT2D eigenvalue weighted by Gasteiger charge is 2.33. The second-order valence-electron chi connectivity index (χ2n) is 7.14. The van der Waals surface area contributed by atoms with Crippen molar-refractivity contribution in [2.75, 3.05) is 19.6 Å². The van der Waals surface area contributed by atoms with E-state index in [2.05, 4.69) is 5.10 Å². The fourth-order valence-corrected chi connectivity index (χ4v) is 3.95. The SMILES string of the molecule is Cc1ccc(-n2nc(C(=O)N3CCC(CN)C3)c3c2CCC3)c(F)c1. The molecular formula is C19H23FN4O. The van der Waals surface area contributed by atoms with E-state index in [4.69, 9.17) is 5.73 Å². The van der Waals surface area contributed by atoms with Crippen LogP contribution >= 0.6 is 0 Å². The Morgan fingerprint density at radius 3 is 2.96 bits per heavy atom. The molecule has 1 fully saturated rings. The number of nitrogens with two attached hydrogens (primary N) is 1. The number of aromatic nitrogens is 2. The Hall–Kier alpha value is -2.21. The molecule has 6 heteroatoms. The molecule has 4 rings (SSSR count). The zero-order valence-corrected chi connectivity index (χ0v) is 14.5. The first-order valence-electron chi connectivity index (χ1n) is 8.95. The average Bonchev–Trinajstić information content (AvgIpc) is 3.31. The second kappa shape index (κ2) is 6.26. The van der Waals surface area contributed by atoms with E-state index in [1.807, 2.05) is 17.9 Å². The van der Waals surface area contributed by atoms with Gasteiger partial charge in [0.2, 0.25) is 0 Å². The summed E-state index contributed by atoms with van der Waals surface area (Å²) in [4.78, 5) is 14.8. The molecule has 132 valence electrons. The Morgan fingerprint density at radius 1 is 1.40 bits per heavy atom. The van der Waals surface area contributed by atoms with Gasteiger partial charge in [-0.3, -0.25) is 4.79 Å². The smallest absolute Gasteiger partial charge is 0.274 e. The molecule has 1 atom stereocenters. The van der Waals surface area contributed by atoms with Gasteiger partial charge in [-0.25, -0.2) is 9.07 Å². The number of rotatable bonds is 3. The molecular weight excluding hydrogens is 319 g/mol. The average molecular weight is 342 g/mol. The molecule has 25 heavy (non-hydrogen) atoms. The van der Waals surface area contributed by atoms with E-state index in [1.165, 1.54) is 6.07 Å². The lowest BCUT2D eigenvalue weighted by Gasteiger charge is -2.15. The first-order chi connectivity index (χ1) is 12.1. The maximum absolute atomic E-state index is 14.4. The number of likely N-dealkylation sites (tertiary alicyclic amines) is 1. The van der Waals surface area contributed by atoms with E-state index >= 15 is 0 Å². The Bertz CT molecular complexity index is 829. The lowest BCUT2D eigenvalue weighted by molar-refractivity contribution is 0.0780. The number of aryl methyl sites for hydroxylation is 1. The van der Waals surface area contributed by atoms with Crippen LogP contribution in [-0.2, 0) is 12.8 Å². The number of carbonyl (C=O) groups is 1. The van der Waals surface area contributed by atoms with Crippen LogP contribution in [0.4, 0.5) is 4.39 Å². The molecule has 1 amide bonds. The molecule has 5 nitrogen and oxygen atoms in total. The van der Waals surface area contributed by atoms with Crippen LogP contribution < -0.4 is 5.73 Å². The summed E-state index contributed by atoms with van der Waals surface area (Å²) >= 11 is 0. The molecule has 2 aliphatic rings. The molecule has 0 radical (unpaired) electrons. The summed E-state index contributed by atoms with van der Waals surface area (Å²) in [6.45, 7) is 3.87. The van der Waals surface area contributed by atoms with Gasteiger partial charge in [0, 0.05) is 24.3 Å². The topological polar surface area (TPSA) is 64.2 Å². The van der Waals surface area contributed by atoms with Crippen molar-refractivity contribution in [1.82, 2.24) is 14.7 Å². The lowest BCUT2D eigenvalue weighted by atomic mass is 10.1. The number of halogens is 1. The van der Waals surface area contributed by atoms with Crippen LogP contribution in [0.25, 0.3) is 5.69 Å². The maximum atomic E-state index is 14.4. The van der Waals surface area contributed by atoms with Gasteiger partial charge in [-0.05, 0) is 62.8 Å². The zero-order valence-electron chi connectivity index (χ0n) is 14.5. The van der Waals surface area contributed by atoms with E-state index in [1.54, 1.807) is 10.7 Å². The van der Waals surface area contributed by atoms with E-state index in [0.29, 0.717) is 30.4 Å². The third-order valence-corrected chi connectivity index (χ3v) is 5.37. The standard InChI is InChI=1S/C19H23FN4O/c1-12-5-6-17(15(20)9-12)24-16-4-2-3-14(16)18(22-24)19(25)23-8-7-13(10-21)11-23/h5-6,9,13H,2-4,7-8,10-11,21H2,1H3. The third kappa shape index (κ3) is 2.74. The number of amides is 1. The van der Waals surface area contributed by atoms with Crippen LogP contribution in [0.3, 0.4) is 0 Å². The predicted molar refractivity (Wildman–Crippen MR) is 93.3 cm³/mol. The van der Waals surface area contributed by atoms with Crippen molar-refractivity contribution >= 4 is 5.91 Å². The molecule has 0 saturated carbocycles. The van der Waals surface area contributed by atoms with Gasteiger partial charge in [0.15, 0.2) is 5.69 Å². The van der Waals surface area contributed by atoms with Crippen LogP contribution in [0.1, 0.15) is 40.2 Å². The van der Waals surface area contributed by atoms with Gasteiger partial charge in [0.25, 0.3) is 5.91 Å². The van der Waals surface area contributed by atoms with Crippen molar-refractivity contribution in [2.24, 2.45) is 11.7 Å². The first-order valence-corrected chi connectivity index (χ1v) is 8.95. The monoisotopic (exact) mass is 342 g/mol. The summed E-state index contributed by atoms with van der Waals surface area (Å²) in [6.07, 6.45) is 3.58. The fraction of sp³-hybridized carbons (Fsp3) is 0.474. The predicted octanol–water partition coefficient (Wildman–Crippen LogP) is 2.23. The minimum atomic E-state index is -0.305. The molecule has 1 aromatic carbocycles. The first kappa shape index (κ1) is 16.3. The molecule has 1 aliphatic carbocycles. The number of nitrogens with zero attached hydrogens (tertiary/aromatic N) is 3. The summed E-state index contributed by atoms with van der Waals surface area (Å²) in [5.74, 6) is 0.0227. The van der Waals surface area contributed by atoms with Crippen LogP contribution in [0.15, 0.2) is 18.2 Å². The molecule has 2 heterocycles. The number of fused-ring (bicyclic) bond motifs is 1. The lowest BCUT2D eigenvalue weighted by Crippen LogP contribution is -2.30. The van der Waals surface area contributed by atoms with Crippen molar-refractivity contribution < 1.29 is 9.18 Å². The van der Waals surface area contributed by atoms with Crippen LogP contribution in [0.2, 0.25) is 0 Å². The summed E-state index contributed by atoms with van der Waals surface area (Å²) in [7, 11) is 0. The van der Waals surface area contributed by atoms with Gasteiger partial charge in [0.1, 0.15) is 11.5 Å². The summed E-state index contributed by atoms with van der Waals surface area (Å²) in [5, 5.41) is 4.54. The van der Waals surface area contributed by atoms with Gasteiger partial charge >= 0.3 is 0 Å². The van der Waals surface area contributed by atoms with E-state index < -0.39 is 0 Å². The fourth-order valence-electron chi connectivity index (χ4n) is 3.95. The second-order valence-corrected chi connectivity index (χ2v) is 7.14. The molecule has 2 aromatic rings. The summed E-state index contributed by atoms with van der Waals surface area (Å²) in [6, 6.07) is 5.12. The van der Waals surface area contributed by atoms with Crippen LogP contribution in [-0.4, -0.2) is 40.2 Å². The molecule has 0 bridgehead atoms. The maximum Gasteiger partial charge on any atom is 0.274 e. The molecule has 0 spiro atoms. The van der Waals surface area contributed by atoms with Crippen LogP contribution in [0, 0.1) is 18.7 Å². The van der Waals surface area contributed by atoms with Gasteiger partial charge in [-0.2, -0.15) is 5.10 Å². The quantitative estimate of drug-likeness (QED) is 0.930.